The molecule has 3 saturated heterocycles. The van der Waals surface area contributed by atoms with Gasteiger partial charge in [-0.2, -0.15) is 0 Å². The van der Waals surface area contributed by atoms with Crippen LogP contribution in [0.25, 0.3) is 0 Å². The van der Waals surface area contributed by atoms with E-state index in [1.807, 2.05) is 12.1 Å². The lowest BCUT2D eigenvalue weighted by molar-refractivity contribution is -0.480. The lowest BCUT2D eigenvalue weighted by Gasteiger charge is -2.57. The number of carbonyl (C=O) groups is 2. The van der Waals surface area contributed by atoms with Gasteiger partial charge in [0.15, 0.2) is 12.2 Å². The molecular formula is C22H20O8. The van der Waals surface area contributed by atoms with Gasteiger partial charge in [0.2, 0.25) is 0 Å². The molecule has 8 nitrogen and oxygen atoms in total. The molecule has 8 heteroatoms. The SMILES string of the molecule is COC1[C@H]2OC3OC([C@@H]2OC(=O)c2ccccc2)[C@H](OC(=O)c2ccccc2)[C@H]1O3. The highest BCUT2D eigenvalue weighted by molar-refractivity contribution is 5.90. The summed E-state index contributed by atoms with van der Waals surface area (Å²) in [5, 5.41) is 0. The molecule has 3 heterocycles. The number of esters is 2. The molecule has 0 aromatic heterocycles. The van der Waals surface area contributed by atoms with Gasteiger partial charge < -0.3 is 28.4 Å². The Bertz CT molecular complexity index is 846. The molecule has 0 amide bonds. The smallest absolute Gasteiger partial charge is 0.338 e. The van der Waals surface area contributed by atoms with Crippen molar-refractivity contribution in [2.45, 2.75) is 43.1 Å². The van der Waals surface area contributed by atoms with Gasteiger partial charge in [-0.05, 0) is 24.3 Å². The fourth-order valence-corrected chi connectivity index (χ4v) is 4.14. The summed E-state index contributed by atoms with van der Waals surface area (Å²) in [5.41, 5.74) is 0.795. The molecule has 4 aliphatic rings. The summed E-state index contributed by atoms with van der Waals surface area (Å²) in [6.07, 6.45) is -4.18. The van der Waals surface area contributed by atoms with Crippen molar-refractivity contribution in [3.8, 4) is 0 Å². The molecular weight excluding hydrogens is 392 g/mol. The predicted molar refractivity (Wildman–Crippen MR) is 100 cm³/mol. The fraction of sp³-hybridized carbons (Fsp3) is 0.364. The van der Waals surface area contributed by atoms with E-state index in [1.165, 1.54) is 7.11 Å². The van der Waals surface area contributed by atoms with E-state index in [0.29, 0.717) is 11.1 Å². The second-order valence-electron chi connectivity index (χ2n) is 7.26. The number of benzene rings is 2. The van der Waals surface area contributed by atoms with Crippen LogP contribution in [0.2, 0.25) is 0 Å². The zero-order valence-electron chi connectivity index (χ0n) is 16.1. The Kier molecular flexibility index (Phi) is 5.00. The predicted octanol–water partition coefficient (Wildman–Crippen LogP) is 1.93. The summed E-state index contributed by atoms with van der Waals surface area (Å²) >= 11 is 0. The molecule has 7 atom stereocenters. The first-order valence-electron chi connectivity index (χ1n) is 9.67. The highest BCUT2D eigenvalue weighted by atomic mass is 16.9. The van der Waals surface area contributed by atoms with E-state index < -0.39 is 55.0 Å². The lowest BCUT2D eigenvalue weighted by atomic mass is 9.82. The van der Waals surface area contributed by atoms with Crippen LogP contribution in [-0.2, 0) is 28.4 Å². The third kappa shape index (κ3) is 3.27. The molecule has 0 radical (unpaired) electrons. The molecule has 1 saturated carbocycles. The van der Waals surface area contributed by atoms with E-state index in [0.717, 1.165) is 0 Å². The molecule has 3 unspecified atom stereocenters. The van der Waals surface area contributed by atoms with E-state index >= 15 is 0 Å². The average molecular weight is 412 g/mol. The van der Waals surface area contributed by atoms with Gasteiger partial charge in [0.1, 0.15) is 24.4 Å². The van der Waals surface area contributed by atoms with Crippen LogP contribution in [0.3, 0.4) is 0 Å². The topological polar surface area (TPSA) is 89.5 Å². The van der Waals surface area contributed by atoms with Crippen molar-refractivity contribution in [1.29, 1.82) is 0 Å². The maximum absolute atomic E-state index is 12.7. The minimum Gasteiger partial charge on any atom is -0.453 e. The maximum atomic E-state index is 12.7. The number of ether oxygens (including phenoxy) is 6. The standard InChI is InChI=1S/C22H20O8/c1-25-14-15-17(26-20(23)12-8-4-2-5-9-12)19-18(16(14)29-22(28-15)30-19)27-21(24)13-10-6-3-7-11-13/h2-11,14-19,22H,1H3/t14?,15-,16+,17-,18-,19?,22?/m1/s1. The number of methoxy groups -OCH3 is 1. The Morgan fingerprint density at radius 2 is 1.07 bits per heavy atom. The van der Waals surface area contributed by atoms with Crippen LogP contribution in [0.5, 0.6) is 0 Å². The second-order valence-corrected chi connectivity index (χ2v) is 7.26. The second kappa shape index (κ2) is 7.81. The first-order chi connectivity index (χ1) is 14.7. The summed E-state index contributed by atoms with van der Waals surface area (Å²) in [5.74, 6) is -1.05. The van der Waals surface area contributed by atoms with Gasteiger partial charge in [0, 0.05) is 7.11 Å². The highest BCUT2D eigenvalue weighted by Gasteiger charge is 2.65. The number of hydrogen-bond acceptors (Lipinski definition) is 8. The van der Waals surface area contributed by atoms with Gasteiger partial charge in [-0.25, -0.2) is 9.59 Å². The first kappa shape index (κ1) is 19.2. The molecule has 156 valence electrons. The zero-order valence-corrected chi connectivity index (χ0v) is 16.1. The molecule has 2 aromatic carbocycles. The summed E-state index contributed by atoms with van der Waals surface area (Å²) in [6.45, 7) is -0.922. The van der Waals surface area contributed by atoms with Crippen LogP contribution in [-0.4, -0.2) is 62.1 Å². The monoisotopic (exact) mass is 412 g/mol. The average Bonchev–Trinajstić information content (AvgIpc) is 2.79. The minimum absolute atomic E-state index is 0.398. The minimum atomic E-state index is -0.922. The highest BCUT2D eigenvalue weighted by Crippen LogP contribution is 2.43. The van der Waals surface area contributed by atoms with Gasteiger partial charge in [0.05, 0.1) is 11.1 Å². The largest absolute Gasteiger partial charge is 0.453 e. The molecule has 0 N–H and O–H groups in total. The molecule has 6 rings (SSSR count). The van der Waals surface area contributed by atoms with E-state index in [1.54, 1.807) is 48.5 Å². The van der Waals surface area contributed by atoms with E-state index in [2.05, 4.69) is 0 Å². The Hall–Kier alpha value is -2.78. The van der Waals surface area contributed by atoms with Crippen LogP contribution < -0.4 is 0 Å². The van der Waals surface area contributed by atoms with Gasteiger partial charge in [-0.1, -0.05) is 36.4 Å². The van der Waals surface area contributed by atoms with Crippen molar-refractivity contribution in [3.05, 3.63) is 71.8 Å². The lowest BCUT2D eigenvalue weighted by Crippen LogP contribution is -2.76. The Morgan fingerprint density at radius 1 is 0.667 bits per heavy atom. The van der Waals surface area contributed by atoms with Crippen LogP contribution in [0.4, 0.5) is 0 Å². The summed E-state index contributed by atoms with van der Waals surface area (Å²) in [7, 11) is 1.51. The van der Waals surface area contributed by atoms with Crippen LogP contribution in [0, 0.1) is 0 Å². The van der Waals surface area contributed by atoms with Crippen molar-refractivity contribution in [2.24, 2.45) is 0 Å². The quantitative estimate of drug-likeness (QED) is 0.689. The van der Waals surface area contributed by atoms with E-state index in [4.69, 9.17) is 28.4 Å². The third-order valence-corrected chi connectivity index (χ3v) is 5.52. The number of rotatable bonds is 5. The summed E-state index contributed by atoms with van der Waals surface area (Å²) in [4.78, 5) is 25.3. The molecule has 4 fully saturated rings. The summed E-state index contributed by atoms with van der Waals surface area (Å²) in [6, 6.07) is 17.2. The molecule has 2 aromatic rings. The van der Waals surface area contributed by atoms with Gasteiger partial charge in [0.25, 0.3) is 6.48 Å². The summed E-state index contributed by atoms with van der Waals surface area (Å²) < 4.78 is 34.3. The normalized spacial score (nSPS) is 33.8. The molecule has 0 spiro atoms. The van der Waals surface area contributed by atoms with Gasteiger partial charge in [-0.15, -0.1) is 0 Å². The maximum Gasteiger partial charge on any atom is 0.338 e. The fourth-order valence-electron chi connectivity index (χ4n) is 4.14. The Labute approximate surface area is 172 Å². The molecule has 1 aliphatic carbocycles. The van der Waals surface area contributed by atoms with Crippen LogP contribution in [0.15, 0.2) is 60.7 Å². The number of carbonyl (C=O) groups excluding carboxylic acids is 2. The zero-order chi connectivity index (χ0) is 20.7. The number of hydrogen-bond donors (Lipinski definition) is 0. The Balaban J connectivity index is 1.41. The van der Waals surface area contributed by atoms with Crippen LogP contribution >= 0.6 is 0 Å². The van der Waals surface area contributed by atoms with E-state index in [-0.39, 0.29) is 0 Å². The third-order valence-electron chi connectivity index (χ3n) is 5.52. The molecule has 4 bridgehead atoms. The van der Waals surface area contributed by atoms with E-state index in [9.17, 15) is 9.59 Å². The van der Waals surface area contributed by atoms with Crippen molar-refractivity contribution in [3.63, 3.8) is 0 Å². The van der Waals surface area contributed by atoms with Gasteiger partial charge >= 0.3 is 11.9 Å². The Morgan fingerprint density at radius 3 is 1.47 bits per heavy atom. The van der Waals surface area contributed by atoms with Gasteiger partial charge in [-0.3, -0.25) is 0 Å². The van der Waals surface area contributed by atoms with Crippen LogP contribution in [0.1, 0.15) is 20.7 Å². The van der Waals surface area contributed by atoms with Crippen molar-refractivity contribution >= 4 is 11.9 Å². The van der Waals surface area contributed by atoms with Crippen molar-refractivity contribution in [2.75, 3.05) is 7.11 Å². The van der Waals surface area contributed by atoms with Crippen molar-refractivity contribution < 1.29 is 38.0 Å². The first-order valence-corrected chi connectivity index (χ1v) is 9.67. The van der Waals surface area contributed by atoms with Crippen molar-refractivity contribution in [1.82, 2.24) is 0 Å². The molecule has 30 heavy (non-hydrogen) atoms. The molecule has 3 aliphatic heterocycles.